The van der Waals surface area contributed by atoms with E-state index in [4.69, 9.17) is 19.3 Å². The molecule has 13 nitrogen and oxygen atoms in total. The molecule has 3 heterocycles. The highest BCUT2D eigenvalue weighted by Crippen LogP contribution is 2.35. The van der Waals surface area contributed by atoms with Crippen molar-refractivity contribution in [3.8, 4) is 17.1 Å². The van der Waals surface area contributed by atoms with E-state index in [0.717, 1.165) is 80.0 Å². The number of hydrogen-bond donors (Lipinski definition) is 4. The highest BCUT2D eigenvalue weighted by molar-refractivity contribution is 5.95. The van der Waals surface area contributed by atoms with E-state index in [1.54, 1.807) is 12.4 Å². The lowest BCUT2D eigenvalue weighted by Gasteiger charge is -2.40. The minimum absolute atomic E-state index is 0.161. The Balaban J connectivity index is 1.10. The van der Waals surface area contributed by atoms with E-state index in [1.165, 1.54) is 0 Å². The molecule has 1 atom stereocenters. The number of nitrogens with one attached hydrogen (secondary N) is 3. The molecule has 272 valence electrons. The number of unbranched alkanes of at least 4 members (excludes halogenated alkanes) is 3. The highest BCUT2D eigenvalue weighted by Gasteiger charge is 2.39. The maximum atomic E-state index is 13.5. The quantitative estimate of drug-likeness (QED) is 0.0868. The lowest BCUT2D eigenvalue weighted by Crippen LogP contribution is -2.46. The number of hydrogen-bond acceptors (Lipinski definition) is 10. The molecule has 0 radical (unpaired) electrons. The lowest BCUT2D eigenvalue weighted by atomic mass is 9.86. The molecule has 0 saturated carbocycles. The molecular formula is C38H49N7O6. The van der Waals surface area contributed by atoms with Crippen LogP contribution in [0.15, 0.2) is 73.1 Å². The number of carbonyl (C=O) groups is 2. The van der Waals surface area contributed by atoms with Gasteiger partial charge in [-0.25, -0.2) is 4.79 Å². The number of amides is 1. The first kappa shape index (κ1) is 37.4. The summed E-state index contributed by atoms with van der Waals surface area (Å²) < 4.78 is 16.4. The van der Waals surface area contributed by atoms with E-state index in [0.29, 0.717) is 31.2 Å². The van der Waals surface area contributed by atoms with Gasteiger partial charge in [-0.1, -0.05) is 24.6 Å². The van der Waals surface area contributed by atoms with Crippen LogP contribution in [-0.2, 0) is 19.8 Å². The van der Waals surface area contributed by atoms with E-state index in [-0.39, 0.29) is 25.2 Å². The molecule has 0 unspecified atom stereocenters. The Bertz CT molecular complexity index is 1680. The van der Waals surface area contributed by atoms with Gasteiger partial charge in [0.2, 0.25) is 0 Å². The molecule has 1 aliphatic rings. The predicted octanol–water partition coefficient (Wildman–Crippen LogP) is 5.45. The van der Waals surface area contributed by atoms with Crippen LogP contribution in [0.5, 0.6) is 5.75 Å². The fraction of sp³-hybridized carbons (Fsp3) is 0.447. The van der Waals surface area contributed by atoms with E-state index < -0.39 is 11.5 Å². The van der Waals surface area contributed by atoms with Crippen LogP contribution >= 0.6 is 0 Å². The van der Waals surface area contributed by atoms with Gasteiger partial charge in [0.05, 0.1) is 31.4 Å². The number of piperidine rings is 1. The Morgan fingerprint density at radius 2 is 1.67 bits per heavy atom. The molecule has 1 saturated heterocycles. The molecule has 0 bridgehead atoms. The Hall–Kier alpha value is -4.85. The average Bonchev–Trinajstić information content (AvgIpc) is 3.65. The number of carboxylic acid groups (broad SMARTS) is 1. The zero-order valence-electron chi connectivity index (χ0n) is 29.5. The molecule has 4 N–H and O–H groups in total. The van der Waals surface area contributed by atoms with Crippen LogP contribution in [0.25, 0.3) is 11.4 Å². The van der Waals surface area contributed by atoms with Crippen LogP contribution in [0, 0.1) is 0 Å². The minimum atomic E-state index is -0.977. The normalized spacial score (nSPS) is 14.9. The molecule has 51 heavy (non-hydrogen) atoms. The first-order valence-corrected chi connectivity index (χ1v) is 17.6. The van der Waals surface area contributed by atoms with Crippen LogP contribution in [0.1, 0.15) is 73.2 Å². The van der Waals surface area contributed by atoms with Crippen LogP contribution < -0.4 is 15.4 Å². The summed E-state index contributed by atoms with van der Waals surface area (Å²) in [6.45, 7) is 5.37. The summed E-state index contributed by atoms with van der Waals surface area (Å²) in [5.74, 6) is 1.10. The van der Waals surface area contributed by atoms with Crippen LogP contribution in [0.4, 0.5) is 5.69 Å². The summed E-state index contributed by atoms with van der Waals surface area (Å²) in [5, 5.41) is 24.5. The van der Waals surface area contributed by atoms with Crippen molar-refractivity contribution in [1.82, 2.24) is 30.4 Å². The maximum absolute atomic E-state index is 13.5. The number of rotatable bonds is 20. The van der Waals surface area contributed by atoms with Crippen molar-refractivity contribution >= 4 is 17.6 Å². The van der Waals surface area contributed by atoms with Crippen LogP contribution in [0.2, 0.25) is 0 Å². The van der Waals surface area contributed by atoms with E-state index in [9.17, 15) is 9.59 Å². The van der Waals surface area contributed by atoms with Gasteiger partial charge in [0, 0.05) is 48.9 Å². The van der Waals surface area contributed by atoms with Gasteiger partial charge in [-0.15, -0.1) is 10.2 Å². The Morgan fingerprint density at radius 3 is 2.45 bits per heavy atom. The summed E-state index contributed by atoms with van der Waals surface area (Å²) in [5.41, 5.74) is 2.82. The fourth-order valence-electron chi connectivity index (χ4n) is 6.02. The number of nitrogens with zero attached hydrogens (tertiary/aromatic N) is 4. The molecule has 1 fully saturated rings. The second kappa shape index (κ2) is 18.9. The van der Waals surface area contributed by atoms with Gasteiger partial charge in [-0.05, 0) is 94.1 Å². The zero-order valence-corrected chi connectivity index (χ0v) is 29.5. The molecule has 1 amide bonds. The van der Waals surface area contributed by atoms with Gasteiger partial charge < -0.3 is 39.8 Å². The van der Waals surface area contributed by atoms with Crippen LogP contribution in [-0.4, -0.2) is 95.2 Å². The van der Waals surface area contributed by atoms with Crippen molar-refractivity contribution in [1.29, 1.82) is 0 Å². The smallest absolute Gasteiger partial charge is 0.329 e. The predicted molar refractivity (Wildman–Crippen MR) is 194 cm³/mol. The second-order valence-electron chi connectivity index (χ2n) is 12.9. The molecule has 1 aliphatic heterocycles. The average molecular weight is 700 g/mol. The van der Waals surface area contributed by atoms with Gasteiger partial charge in [0.1, 0.15) is 12.4 Å². The SMILES string of the molecule is C[C@@H](NC(=O)c1cccc(NC2(c3nnc(-c4ccncc4)[nH]3)CCN(C)CC2)c1)c1cccc(OCCCCCCOCCOCC(=O)O)c1. The molecule has 5 rings (SSSR count). The van der Waals surface area contributed by atoms with Crippen molar-refractivity contribution < 1.29 is 28.9 Å². The van der Waals surface area contributed by atoms with Gasteiger partial charge in [-0.2, -0.15) is 0 Å². The molecule has 13 heteroatoms. The number of aliphatic carboxylic acids is 1. The molecule has 0 aliphatic carbocycles. The third kappa shape index (κ3) is 11.3. The Kier molecular flexibility index (Phi) is 13.9. The van der Waals surface area contributed by atoms with E-state index in [2.05, 4.69) is 42.7 Å². The Morgan fingerprint density at radius 1 is 0.922 bits per heavy atom. The molecule has 4 aromatic rings. The van der Waals surface area contributed by atoms with Crippen LogP contribution in [0.3, 0.4) is 0 Å². The molecule has 0 spiro atoms. The molecule has 2 aromatic heterocycles. The van der Waals surface area contributed by atoms with Gasteiger partial charge >= 0.3 is 5.97 Å². The number of anilines is 1. The number of pyridine rings is 1. The minimum Gasteiger partial charge on any atom is -0.494 e. The lowest BCUT2D eigenvalue weighted by molar-refractivity contribution is -0.142. The van der Waals surface area contributed by atoms with Crippen molar-refractivity contribution in [2.24, 2.45) is 0 Å². The topological polar surface area (TPSA) is 164 Å². The van der Waals surface area contributed by atoms with Gasteiger partial charge in [0.25, 0.3) is 5.91 Å². The molecular weight excluding hydrogens is 650 g/mol. The summed E-state index contributed by atoms with van der Waals surface area (Å²) in [7, 11) is 2.12. The summed E-state index contributed by atoms with van der Waals surface area (Å²) >= 11 is 0. The van der Waals surface area contributed by atoms with Gasteiger partial charge in [0.15, 0.2) is 11.6 Å². The molecule has 2 aromatic carbocycles. The zero-order chi connectivity index (χ0) is 35.9. The maximum Gasteiger partial charge on any atom is 0.329 e. The summed E-state index contributed by atoms with van der Waals surface area (Å²) in [4.78, 5) is 33.8. The number of aromatic nitrogens is 4. The first-order chi connectivity index (χ1) is 24.8. The number of ether oxygens (including phenoxy) is 3. The summed E-state index contributed by atoms with van der Waals surface area (Å²) in [6, 6.07) is 19.0. The van der Waals surface area contributed by atoms with Crippen molar-refractivity contribution in [3.05, 3.63) is 90.0 Å². The number of likely N-dealkylation sites (tertiary alicyclic amines) is 1. The second-order valence-corrected chi connectivity index (χ2v) is 12.9. The standard InChI is InChI=1S/C38H49N7O6/c1-28(30-9-8-12-33(26-30)51-22-6-4-3-5-21-49-23-24-50-27-34(46)47)40-36(48)31-10-7-11-32(25-31)42-38(15-19-45(2)20-16-38)37-41-35(43-44-37)29-13-17-39-18-14-29/h7-14,17-18,25-26,28,42H,3-6,15-16,19-24,27H2,1-2H3,(H,40,48)(H,46,47)(H,41,43,44)/t28-/m1/s1. The van der Waals surface area contributed by atoms with Crippen molar-refractivity contribution in [2.45, 2.75) is 57.0 Å². The monoisotopic (exact) mass is 699 g/mol. The number of benzene rings is 2. The third-order valence-corrected chi connectivity index (χ3v) is 9.00. The van der Waals surface area contributed by atoms with Gasteiger partial charge in [-0.3, -0.25) is 9.78 Å². The number of H-pyrrole nitrogens is 1. The van der Waals surface area contributed by atoms with E-state index in [1.807, 2.05) is 67.6 Å². The highest BCUT2D eigenvalue weighted by atomic mass is 16.5. The number of carboxylic acids is 1. The fourth-order valence-corrected chi connectivity index (χ4v) is 6.02. The number of carbonyl (C=O) groups excluding carboxylic acids is 1. The summed E-state index contributed by atoms with van der Waals surface area (Å²) in [6.07, 6.45) is 9.01. The third-order valence-electron chi connectivity index (χ3n) is 9.00. The largest absolute Gasteiger partial charge is 0.494 e. The van der Waals surface area contributed by atoms with Crippen molar-refractivity contribution in [3.63, 3.8) is 0 Å². The first-order valence-electron chi connectivity index (χ1n) is 17.6. The van der Waals surface area contributed by atoms with E-state index >= 15 is 0 Å². The van der Waals surface area contributed by atoms with Crippen molar-refractivity contribution in [2.75, 3.05) is 58.5 Å². The Labute approximate surface area is 299 Å². The number of aromatic amines is 1.